The summed E-state index contributed by atoms with van der Waals surface area (Å²) in [6, 6.07) is 7.56. The fraction of sp³-hybridized carbons (Fsp3) is 0.318. The van der Waals surface area contributed by atoms with Crippen LogP contribution in [0.2, 0.25) is 0 Å². The molecule has 1 aromatic carbocycles. The summed E-state index contributed by atoms with van der Waals surface area (Å²) < 4.78 is 2.25. The average molecular weight is 421 g/mol. The molecular weight excluding hydrogens is 398 g/mol. The van der Waals surface area contributed by atoms with Gasteiger partial charge >= 0.3 is 5.69 Å². The number of fused-ring (bicyclic) bond motifs is 1. The zero-order valence-corrected chi connectivity index (χ0v) is 17.8. The van der Waals surface area contributed by atoms with E-state index in [4.69, 9.17) is 0 Å². The van der Waals surface area contributed by atoms with E-state index < -0.39 is 17.2 Å². The molecule has 0 bridgehead atoms. The standard InChI is InChI=1S/C22H23N5O4/c1-12-5-7-15(8-6-12)27-11-14(9-16(27)28)20(29)24-18-13(2)10-23-19-17(18)21(30)26(4)22(31)25(19)3/h5-8,10,14H,9,11H2,1-4H3,(H,23,24,29). The Morgan fingerprint density at radius 2 is 1.74 bits per heavy atom. The minimum Gasteiger partial charge on any atom is -0.325 e. The van der Waals surface area contributed by atoms with Crippen molar-refractivity contribution in [1.82, 2.24) is 14.1 Å². The van der Waals surface area contributed by atoms with E-state index in [1.54, 1.807) is 11.8 Å². The summed E-state index contributed by atoms with van der Waals surface area (Å²) in [5.41, 5.74) is 1.90. The summed E-state index contributed by atoms with van der Waals surface area (Å²) in [6.45, 7) is 3.95. The van der Waals surface area contributed by atoms with E-state index in [1.165, 1.54) is 24.9 Å². The van der Waals surface area contributed by atoms with Gasteiger partial charge in [-0.1, -0.05) is 17.7 Å². The molecule has 4 rings (SSSR count). The van der Waals surface area contributed by atoms with Crippen LogP contribution < -0.4 is 21.5 Å². The molecular formula is C22H23N5O4. The molecule has 1 aliphatic heterocycles. The highest BCUT2D eigenvalue weighted by Gasteiger charge is 2.35. The Bertz CT molecular complexity index is 1340. The van der Waals surface area contributed by atoms with E-state index in [-0.39, 0.29) is 35.8 Å². The summed E-state index contributed by atoms with van der Waals surface area (Å²) in [7, 11) is 2.90. The molecule has 0 aliphatic carbocycles. The van der Waals surface area contributed by atoms with Gasteiger partial charge in [0.1, 0.15) is 5.39 Å². The smallest absolute Gasteiger partial charge is 0.325 e. The molecule has 1 saturated heterocycles. The number of amides is 2. The lowest BCUT2D eigenvalue weighted by atomic mass is 10.1. The van der Waals surface area contributed by atoms with Gasteiger partial charge < -0.3 is 10.2 Å². The molecule has 0 spiro atoms. The highest BCUT2D eigenvalue weighted by Crippen LogP contribution is 2.28. The molecule has 0 saturated carbocycles. The summed E-state index contributed by atoms with van der Waals surface area (Å²) in [4.78, 5) is 56.4. The van der Waals surface area contributed by atoms with Gasteiger partial charge in [0.25, 0.3) is 5.56 Å². The monoisotopic (exact) mass is 421 g/mol. The normalized spacial score (nSPS) is 16.2. The third-order valence-electron chi connectivity index (χ3n) is 5.75. The van der Waals surface area contributed by atoms with Crippen LogP contribution in [0.25, 0.3) is 11.0 Å². The van der Waals surface area contributed by atoms with E-state index in [9.17, 15) is 19.2 Å². The molecule has 31 heavy (non-hydrogen) atoms. The fourth-order valence-corrected chi connectivity index (χ4v) is 3.87. The van der Waals surface area contributed by atoms with Crippen molar-refractivity contribution in [3.8, 4) is 0 Å². The predicted octanol–water partition coefficient (Wildman–Crippen LogP) is 1.24. The number of carbonyl (C=O) groups excluding carboxylic acids is 2. The first kappa shape index (κ1) is 20.5. The van der Waals surface area contributed by atoms with Gasteiger partial charge in [0.15, 0.2) is 5.65 Å². The fourth-order valence-electron chi connectivity index (χ4n) is 3.87. The number of anilines is 2. The van der Waals surface area contributed by atoms with Gasteiger partial charge in [-0.3, -0.25) is 23.5 Å². The van der Waals surface area contributed by atoms with Crippen molar-refractivity contribution in [2.24, 2.45) is 20.0 Å². The lowest BCUT2D eigenvalue weighted by Gasteiger charge is -2.18. The number of pyridine rings is 1. The van der Waals surface area contributed by atoms with Crippen LogP contribution in [-0.4, -0.2) is 32.5 Å². The molecule has 9 heteroatoms. The first-order chi connectivity index (χ1) is 14.7. The average Bonchev–Trinajstić information content (AvgIpc) is 3.14. The van der Waals surface area contributed by atoms with E-state index in [0.29, 0.717) is 11.3 Å². The Hall–Kier alpha value is -3.75. The SMILES string of the molecule is Cc1ccc(N2CC(C(=O)Nc3c(C)cnc4c3c(=O)n(C)c(=O)n4C)CC2=O)cc1. The summed E-state index contributed by atoms with van der Waals surface area (Å²) in [6.07, 6.45) is 1.59. The number of nitrogens with one attached hydrogen (secondary N) is 1. The van der Waals surface area contributed by atoms with Crippen molar-refractivity contribution < 1.29 is 9.59 Å². The van der Waals surface area contributed by atoms with Crippen LogP contribution in [0.5, 0.6) is 0 Å². The molecule has 2 aromatic heterocycles. The molecule has 0 radical (unpaired) electrons. The molecule has 2 amide bonds. The molecule has 1 atom stereocenters. The third kappa shape index (κ3) is 3.41. The van der Waals surface area contributed by atoms with Gasteiger partial charge in [0.2, 0.25) is 11.8 Å². The number of carbonyl (C=O) groups is 2. The van der Waals surface area contributed by atoms with Gasteiger partial charge in [0, 0.05) is 38.9 Å². The molecule has 1 unspecified atom stereocenters. The molecule has 1 aliphatic rings. The van der Waals surface area contributed by atoms with Crippen molar-refractivity contribution in [1.29, 1.82) is 0 Å². The van der Waals surface area contributed by atoms with Crippen molar-refractivity contribution in [2.75, 3.05) is 16.8 Å². The van der Waals surface area contributed by atoms with Crippen LogP contribution in [0.4, 0.5) is 11.4 Å². The molecule has 3 aromatic rings. The second-order valence-electron chi connectivity index (χ2n) is 7.95. The highest BCUT2D eigenvalue weighted by atomic mass is 16.2. The number of hydrogen-bond donors (Lipinski definition) is 1. The van der Waals surface area contributed by atoms with E-state index >= 15 is 0 Å². The van der Waals surface area contributed by atoms with Crippen LogP contribution in [0, 0.1) is 19.8 Å². The summed E-state index contributed by atoms with van der Waals surface area (Å²) >= 11 is 0. The number of nitrogens with zero attached hydrogens (tertiary/aromatic N) is 4. The van der Waals surface area contributed by atoms with E-state index in [2.05, 4.69) is 10.3 Å². The van der Waals surface area contributed by atoms with Crippen LogP contribution in [0.15, 0.2) is 40.1 Å². The van der Waals surface area contributed by atoms with E-state index in [0.717, 1.165) is 15.8 Å². The van der Waals surface area contributed by atoms with Crippen molar-refractivity contribution in [2.45, 2.75) is 20.3 Å². The predicted molar refractivity (Wildman–Crippen MR) is 117 cm³/mol. The van der Waals surface area contributed by atoms with Crippen LogP contribution >= 0.6 is 0 Å². The molecule has 1 fully saturated rings. The van der Waals surface area contributed by atoms with Gasteiger partial charge in [-0.15, -0.1) is 0 Å². The molecule has 9 nitrogen and oxygen atoms in total. The lowest BCUT2D eigenvalue weighted by Crippen LogP contribution is -2.38. The lowest BCUT2D eigenvalue weighted by molar-refractivity contribution is -0.122. The summed E-state index contributed by atoms with van der Waals surface area (Å²) in [5.74, 6) is -1.04. The topological polar surface area (TPSA) is 106 Å². The Morgan fingerprint density at radius 3 is 2.42 bits per heavy atom. The Kier molecular flexibility index (Phi) is 4.96. The number of benzene rings is 1. The van der Waals surface area contributed by atoms with Crippen LogP contribution in [0.1, 0.15) is 17.5 Å². The maximum atomic E-state index is 13.0. The maximum absolute atomic E-state index is 13.0. The number of aromatic nitrogens is 3. The molecule has 3 heterocycles. The Balaban J connectivity index is 1.67. The van der Waals surface area contributed by atoms with Crippen molar-refractivity contribution >= 4 is 34.2 Å². The Morgan fingerprint density at radius 1 is 1.06 bits per heavy atom. The number of aryl methyl sites for hydroxylation is 3. The quantitative estimate of drug-likeness (QED) is 0.685. The van der Waals surface area contributed by atoms with Gasteiger partial charge in [-0.05, 0) is 31.5 Å². The zero-order valence-electron chi connectivity index (χ0n) is 17.8. The second kappa shape index (κ2) is 7.50. The van der Waals surface area contributed by atoms with Crippen LogP contribution in [0.3, 0.4) is 0 Å². The highest BCUT2D eigenvalue weighted by molar-refractivity contribution is 6.06. The van der Waals surface area contributed by atoms with Crippen LogP contribution in [-0.2, 0) is 23.7 Å². The minimum atomic E-state index is -0.562. The van der Waals surface area contributed by atoms with Gasteiger partial charge in [-0.2, -0.15) is 0 Å². The third-order valence-corrected chi connectivity index (χ3v) is 5.75. The minimum absolute atomic E-state index is 0.0816. The first-order valence-electron chi connectivity index (χ1n) is 9.92. The van der Waals surface area contributed by atoms with Gasteiger partial charge in [-0.25, -0.2) is 9.78 Å². The number of hydrogen-bond acceptors (Lipinski definition) is 5. The number of rotatable bonds is 3. The first-order valence-corrected chi connectivity index (χ1v) is 9.92. The van der Waals surface area contributed by atoms with Crippen molar-refractivity contribution in [3.05, 3.63) is 62.4 Å². The van der Waals surface area contributed by atoms with Gasteiger partial charge in [0.05, 0.1) is 11.6 Å². The zero-order chi connectivity index (χ0) is 22.4. The molecule has 1 N–H and O–H groups in total. The largest absolute Gasteiger partial charge is 0.332 e. The molecule has 160 valence electrons. The Labute approximate surface area is 177 Å². The summed E-state index contributed by atoms with van der Waals surface area (Å²) in [5, 5.41) is 2.99. The maximum Gasteiger partial charge on any atom is 0.332 e. The van der Waals surface area contributed by atoms with E-state index in [1.807, 2.05) is 31.2 Å². The van der Waals surface area contributed by atoms with Crippen molar-refractivity contribution in [3.63, 3.8) is 0 Å². The second-order valence-corrected chi connectivity index (χ2v) is 7.95.